The fraction of sp³-hybridized carbons (Fsp3) is 0.615. The van der Waals surface area contributed by atoms with Crippen LogP contribution in [0.25, 0.3) is 0 Å². The van der Waals surface area contributed by atoms with E-state index in [1.165, 1.54) is 0 Å². The largest absolute Gasteiger partial charge is 0.493 e. The van der Waals surface area contributed by atoms with Crippen LogP contribution in [-0.2, 0) is 5.41 Å². The van der Waals surface area contributed by atoms with Crippen molar-refractivity contribution >= 4 is 0 Å². The Morgan fingerprint density at radius 1 is 1.25 bits per heavy atom. The average molecular weight is 221 g/mol. The smallest absolute Gasteiger partial charge is 0.179 e. The maximum atomic E-state index is 5.73. The van der Waals surface area contributed by atoms with Crippen molar-refractivity contribution in [2.45, 2.75) is 45.1 Å². The zero-order valence-electron chi connectivity index (χ0n) is 10.4. The number of hydrogen-bond donors (Lipinski definition) is 0. The molecular formula is C13H19NO2. The fourth-order valence-electron chi connectivity index (χ4n) is 1.45. The summed E-state index contributed by atoms with van der Waals surface area (Å²) >= 11 is 0. The van der Waals surface area contributed by atoms with Gasteiger partial charge < -0.3 is 9.47 Å². The van der Waals surface area contributed by atoms with E-state index in [2.05, 4.69) is 25.8 Å². The summed E-state index contributed by atoms with van der Waals surface area (Å²) in [4.78, 5) is 4.43. The van der Waals surface area contributed by atoms with Crippen LogP contribution in [0.5, 0.6) is 11.5 Å². The molecule has 1 heterocycles. The van der Waals surface area contributed by atoms with Crippen LogP contribution in [0.15, 0.2) is 12.3 Å². The van der Waals surface area contributed by atoms with E-state index in [-0.39, 0.29) is 5.41 Å². The monoisotopic (exact) mass is 221 g/mol. The SMILES string of the molecule is COc1cc(C(C)(C)C)ncc1OC1CC1. The lowest BCUT2D eigenvalue weighted by Gasteiger charge is -2.19. The van der Waals surface area contributed by atoms with E-state index in [9.17, 15) is 0 Å². The molecule has 1 aromatic heterocycles. The maximum absolute atomic E-state index is 5.73. The minimum absolute atomic E-state index is 0.0331. The van der Waals surface area contributed by atoms with Gasteiger partial charge in [-0.05, 0) is 12.8 Å². The number of ether oxygens (including phenoxy) is 2. The van der Waals surface area contributed by atoms with Crippen LogP contribution in [0, 0.1) is 0 Å². The van der Waals surface area contributed by atoms with Crippen molar-refractivity contribution in [3.8, 4) is 11.5 Å². The lowest BCUT2D eigenvalue weighted by molar-refractivity contribution is 0.280. The van der Waals surface area contributed by atoms with Gasteiger partial charge in [0.25, 0.3) is 0 Å². The molecule has 0 spiro atoms. The van der Waals surface area contributed by atoms with Gasteiger partial charge in [-0.15, -0.1) is 0 Å². The number of aromatic nitrogens is 1. The molecule has 0 amide bonds. The van der Waals surface area contributed by atoms with Gasteiger partial charge in [-0.25, -0.2) is 0 Å². The molecule has 1 fully saturated rings. The molecule has 0 unspecified atom stereocenters. The highest BCUT2D eigenvalue weighted by Gasteiger charge is 2.26. The summed E-state index contributed by atoms with van der Waals surface area (Å²) < 4.78 is 11.1. The van der Waals surface area contributed by atoms with Crippen molar-refractivity contribution in [3.05, 3.63) is 18.0 Å². The quantitative estimate of drug-likeness (QED) is 0.786. The third kappa shape index (κ3) is 2.46. The third-order valence-corrected chi connectivity index (χ3v) is 2.64. The van der Waals surface area contributed by atoms with Gasteiger partial charge in [-0.2, -0.15) is 0 Å². The Bertz CT molecular complexity index is 378. The molecule has 2 rings (SSSR count). The summed E-state index contributed by atoms with van der Waals surface area (Å²) in [5.41, 5.74) is 1.05. The standard InChI is InChI=1S/C13H19NO2/c1-13(2,3)12-7-10(15-4)11(8-14-12)16-9-5-6-9/h7-9H,5-6H2,1-4H3. The molecule has 0 aromatic carbocycles. The van der Waals surface area contributed by atoms with Crippen LogP contribution < -0.4 is 9.47 Å². The second kappa shape index (κ2) is 3.96. The van der Waals surface area contributed by atoms with Crippen molar-refractivity contribution in [3.63, 3.8) is 0 Å². The number of rotatable bonds is 3. The molecule has 1 aliphatic rings. The predicted octanol–water partition coefficient (Wildman–Crippen LogP) is 2.93. The average Bonchev–Trinajstić information content (AvgIpc) is 3.00. The molecule has 1 saturated carbocycles. The van der Waals surface area contributed by atoms with Gasteiger partial charge in [-0.3, -0.25) is 4.98 Å². The molecule has 0 radical (unpaired) electrons. The molecular weight excluding hydrogens is 202 g/mol. The summed E-state index contributed by atoms with van der Waals surface area (Å²) in [5.74, 6) is 1.55. The lowest BCUT2D eigenvalue weighted by atomic mass is 9.91. The van der Waals surface area contributed by atoms with Crippen molar-refractivity contribution < 1.29 is 9.47 Å². The molecule has 0 saturated heterocycles. The van der Waals surface area contributed by atoms with Gasteiger partial charge in [0.1, 0.15) is 0 Å². The summed E-state index contributed by atoms with van der Waals surface area (Å²) in [6.07, 6.45) is 4.43. The number of pyridine rings is 1. The fourth-order valence-corrected chi connectivity index (χ4v) is 1.45. The highest BCUT2D eigenvalue weighted by Crippen LogP contribution is 2.35. The van der Waals surface area contributed by atoms with E-state index in [1.54, 1.807) is 13.3 Å². The Hall–Kier alpha value is -1.25. The topological polar surface area (TPSA) is 31.4 Å². The van der Waals surface area contributed by atoms with Gasteiger partial charge in [0.15, 0.2) is 11.5 Å². The number of hydrogen-bond acceptors (Lipinski definition) is 3. The first-order valence-electron chi connectivity index (χ1n) is 5.72. The predicted molar refractivity (Wildman–Crippen MR) is 63.1 cm³/mol. The van der Waals surface area contributed by atoms with Gasteiger partial charge in [-0.1, -0.05) is 20.8 Å². The summed E-state index contributed by atoms with van der Waals surface area (Å²) in [6, 6.07) is 1.97. The van der Waals surface area contributed by atoms with Crippen molar-refractivity contribution in [1.29, 1.82) is 0 Å². The Labute approximate surface area is 96.8 Å². The van der Waals surface area contributed by atoms with Crippen LogP contribution in [0.1, 0.15) is 39.3 Å². The maximum Gasteiger partial charge on any atom is 0.179 e. The summed E-state index contributed by atoms with van der Waals surface area (Å²) in [7, 11) is 1.67. The van der Waals surface area contributed by atoms with Crippen LogP contribution in [-0.4, -0.2) is 18.2 Å². The highest BCUT2D eigenvalue weighted by atomic mass is 16.5. The van der Waals surface area contributed by atoms with E-state index in [0.29, 0.717) is 6.10 Å². The van der Waals surface area contributed by atoms with E-state index in [0.717, 1.165) is 30.0 Å². The van der Waals surface area contributed by atoms with Crippen LogP contribution in [0.3, 0.4) is 0 Å². The number of nitrogens with zero attached hydrogens (tertiary/aromatic N) is 1. The van der Waals surface area contributed by atoms with E-state index >= 15 is 0 Å². The second-order valence-corrected chi connectivity index (χ2v) is 5.29. The molecule has 0 aliphatic heterocycles. The van der Waals surface area contributed by atoms with Gasteiger partial charge in [0.2, 0.25) is 0 Å². The molecule has 1 aliphatic carbocycles. The van der Waals surface area contributed by atoms with E-state index < -0.39 is 0 Å². The second-order valence-electron chi connectivity index (χ2n) is 5.29. The van der Waals surface area contributed by atoms with E-state index in [1.807, 2.05) is 6.07 Å². The van der Waals surface area contributed by atoms with Crippen LogP contribution >= 0.6 is 0 Å². The molecule has 0 atom stereocenters. The Morgan fingerprint density at radius 2 is 1.94 bits per heavy atom. The van der Waals surface area contributed by atoms with Crippen LogP contribution in [0.2, 0.25) is 0 Å². The molecule has 88 valence electrons. The first-order chi connectivity index (χ1) is 7.50. The molecule has 1 aromatic rings. The Morgan fingerprint density at radius 3 is 2.44 bits per heavy atom. The lowest BCUT2D eigenvalue weighted by Crippen LogP contribution is -2.14. The first-order valence-corrected chi connectivity index (χ1v) is 5.72. The third-order valence-electron chi connectivity index (χ3n) is 2.64. The van der Waals surface area contributed by atoms with Gasteiger partial charge >= 0.3 is 0 Å². The van der Waals surface area contributed by atoms with Crippen LogP contribution in [0.4, 0.5) is 0 Å². The Kier molecular flexibility index (Phi) is 2.78. The zero-order valence-corrected chi connectivity index (χ0v) is 10.4. The first kappa shape index (κ1) is 11.2. The Balaban J connectivity index is 2.26. The normalized spacial score (nSPS) is 16.0. The highest BCUT2D eigenvalue weighted by molar-refractivity contribution is 5.40. The zero-order chi connectivity index (χ0) is 11.8. The molecule has 3 nitrogen and oxygen atoms in total. The minimum Gasteiger partial charge on any atom is -0.493 e. The molecule has 0 N–H and O–H groups in total. The van der Waals surface area contributed by atoms with Crippen molar-refractivity contribution in [2.24, 2.45) is 0 Å². The van der Waals surface area contributed by atoms with Crippen molar-refractivity contribution in [1.82, 2.24) is 4.98 Å². The summed E-state index contributed by atoms with van der Waals surface area (Å²) in [5, 5.41) is 0. The van der Waals surface area contributed by atoms with E-state index in [4.69, 9.17) is 9.47 Å². The molecule has 3 heteroatoms. The molecule has 16 heavy (non-hydrogen) atoms. The number of methoxy groups -OCH3 is 1. The minimum atomic E-state index is 0.0331. The van der Waals surface area contributed by atoms with Crippen molar-refractivity contribution in [2.75, 3.05) is 7.11 Å². The van der Waals surface area contributed by atoms with Gasteiger partial charge in [0.05, 0.1) is 19.4 Å². The van der Waals surface area contributed by atoms with Gasteiger partial charge in [0, 0.05) is 17.2 Å². The molecule has 0 bridgehead atoms. The summed E-state index contributed by atoms with van der Waals surface area (Å²) in [6.45, 7) is 6.41.